The van der Waals surface area contributed by atoms with Crippen LogP contribution >= 0.6 is 0 Å². The molecule has 2 unspecified atom stereocenters. The van der Waals surface area contributed by atoms with Crippen LogP contribution in [0.5, 0.6) is 5.75 Å². The third kappa shape index (κ3) is 5.79. The molecule has 0 radical (unpaired) electrons. The van der Waals surface area contributed by atoms with Crippen molar-refractivity contribution in [3.63, 3.8) is 0 Å². The minimum atomic E-state index is -4.60. The smallest absolute Gasteiger partial charge is 0.425 e. The van der Waals surface area contributed by atoms with Crippen LogP contribution in [0.3, 0.4) is 0 Å². The largest absolute Gasteiger partial charge is 0.480 e. The van der Waals surface area contributed by atoms with Gasteiger partial charge in [-0.1, -0.05) is 13.8 Å². The second-order valence-electron chi connectivity index (χ2n) is 7.35. The molecule has 0 bridgehead atoms. The highest BCUT2D eigenvalue weighted by Gasteiger charge is 2.39. The summed E-state index contributed by atoms with van der Waals surface area (Å²) in [5.74, 6) is -0.808. The van der Waals surface area contributed by atoms with E-state index in [0.717, 1.165) is 6.92 Å². The van der Waals surface area contributed by atoms with Crippen LogP contribution in [0, 0.1) is 28.6 Å². The first kappa shape index (κ1) is 22.4. The molecule has 9 heteroatoms. The standard InChI is InChI=1S/C20H23F3N4O2/c1-12(2)8-26-9-15-10-27(11-17(15)25)19(28)16-6-14(7-24)4-5-18(16)29-13(3)20(21,22)23/h4-6,9,12-13,15,25H,8,10-11H2,1-3H3. The first-order valence-corrected chi connectivity index (χ1v) is 9.17. The fourth-order valence-electron chi connectivity index (χ4n) is 2.72. The maximum Gasteiger partial charge on any atom is 0.425 e. The van der Waals surface area contributed by atoms with Crippen LogP contribution in [0.25, 0.3) is 0 Å². The lowest BCUT2D eigenvalue weighted by atomic mass is 10.1. The van der Waals surface area contributed by atoms with Gasteiger partial charge in [0, 0.05) is 25.0 Å². The predicted octanol–water partition coefficient (Wildman–Crippen LogP) is 3.71. The van der Waals surface area contributed by atoms with E-state index in [0.29, 0.717) is 18.2 Å². The monoisotopic (exact) mass is 408 g/mol. The summed E-state index contributed by atoms with van der Waals surface area (Å²) >= 11 is 0. The Labute approximate surface area is 167 Å². The number of rotatable bonds is 6. The van der Waals surface area contributed by atoms with Crippen LogP contribution in [0.4, 0.5) is 13.2 Å². The Balaban J connectivity index is 2.24. The van der Waals surface area contributed by atoms with Gasteiger partial charge in [0.25, 0.3) is 5.91 Å². The first-order valence-electron chi connectivity index (χ1n) is 9.17. The van der Waals surface area contributed by atoms with Gasteiger partial charge in [0.2, 0.25) is 0 Å². The molecule has 1 aliphatic heterocycles. The van der Waals surface area contributed by atoms with E-state index in [9.17, 15) is 18.0 Å². The average Bonchev–Trinajstić information content (AvgIpc) is 3.01. The fourth-order valence-corrected chi connectivity index (χ4v) is 2.72. The Morgan fingerprint density at radius 1 is 1.45 bits per heavy atom. The minimum Gasteiger partial charge on any atom is -0.480 e. The summed E-state index contributed by atoms with van der Waals surface area (Å²) in [7, 11) is 0. The highest BCUT2D eigenvalue weighted by molar-refractivity contribution is 6.06. The van der Waals surface area contributed by atoms with Crippen LogP contribution in [0.15, 0.2) is 23.2 Å². The molecule has 0 aromatic heterocycles. The van der Waals surface area contributed by atoms with Gasteiger partial charge in [0.15, 0.2) is 6.10 Å². The number of nitrogens with one attached hydrogen (secondary N) is 1. The molecule has 6 nitrogen and oxygen atoms in total. The third-order valence-corrected chi connectivity index (χ3v) is 4.37. The molecule has 0 aliphatic carbocycles. The van der Waals surface area contributed by atoms with E-state index < -0.39 is 18.2 Å². The number of hydrogen-bond acceptors (Lipinski definition) is 5. The van der Waals surface area contributed by atoms with Crippen LogP contribution in [0.2, 0.25) is 0 Å². The lowest BCUT2D eigenvalue weighted by Gasteiger charge is -2.22. The maximum atomic E-state index is 13.0. The van der Waals surface area contributed by atoms with Crippen LogP contribution < -0.4 is 4.74 Å². The molecular formula is C20H23F3N4O2. The third-order valence-electron chi connectivity index (χ3n) is 4.37. The molecule has 2 atom stereocenters. The van der Waals surface area contributed by atoms with Crippen molar-refractivity contribution >= 4 is 17.8 Å². The molecule has 1 aliphatic rings. The first-order chi connectivity index (χ1) is 13.5. The Morgan fingerprint density at radius 3 is 2.72 bits per heavy atom. The van der Waals surface area contributed by atoms with Gasteiger partial charge in [0.1, 0.15) is 5.75 Å². The van der Waals surface area contributed by atoms with E-state index in [2.05, 4.69) is 4.99 Å². The molecule has 1 amide bonds. The minimum absolute atomic E-state index is 0.0439. The molecule has 1 fully saturated rings. The van der Waals surface area contributed by atoms with Gasteiger partial charge in [0.05, 0.1) is 29.7 Å². The van der Waals surface area contributed by atoms with Gasteiger partial charge in [-0.15, -0.1) is 0 Å². The molecule has 1 saturated heterocycles. The van der Waals surface area contributed by atoms with E-state index in [-0.39, 0.29) is 35.9 Å². The second-order valence-corrected chi connectivity index (χ2v) is 7.35. The van der Waals surface area contributed by atoms with E-state index in [1.807, 2.05) is 19.9 Å². The van der Waals surface area contributed by atoms with Gasteiger partial charge < -0.3 is 15.0 Å². The molecule has 1 heterocycles. The number of hydrogen-bond donors (Lipinski definition) is 1. The Hall–Kier alpha value is -2.89. The molecule has 1 aromatic carbocycles. The zero-order chi connectivity index (χ0) is 21.8. The summed E-state index contributed by atoms with van der Waals surface area (Å²) in [6, 6.07) is 5.57. The zero-order valence-electron chi connectivity index (χ0n) is 16.5. The summed E-state index contributed by atoms with van der Waals surface area (Å²) in [4.78, 5) is 18.6. The van der Waals surface area contributed by atoms with Gasteiger partial charge in [-0.25, -0.2) is 0 Å². The molecule has 1 aromatic rings. The number of likely N-dealkylation sites (tertiary alicyclic amines) is 1. The number of carbonyl (C=O) groups excluding carboxylic acids is 1. The lowest BCUT2D eigenvalue weighted by Crippen LogP contribution is -2.33. The number of ether oxygens (including phenoxy) is 1. The summed E-state index contributed by atoms with van der Waals surface area (Å²) in [5, 5.41) is 17.2. The number of nitrogens with zero attached hydrogens (tertiary/aromatic N) is 3. The average molecular weight is 408 g/mol. The van der Waals surface area contributed by atoms with Crippen molar-refractivity contribution in [1.82, 2.24) is 4.90 Å². The molecule has 0 spiro atoms. The van der Waals surface area contributed by atoms with Crippen molar-refractivity contribution in [3.05, 3.63) is 29.3 Å². The normalized spacial score (nSPS) is 18.3. The molecule has 1 N–H and O–H groups in total. The summed E-state index contributed by atoms with van der Waals surface area (Å²) in [6.07, 6.45) is -5.07. The molecular weight excluding hydrogens is 385 g/mol. The molecule has 2 rings (SSSR count). The number of halogens is 3. The van der Waals surface area contributed by atoms with Crippen molar-refractivity contribution in [2.24, 2.45) is 16.8 Å². The Kier molecular flexibility index (Phi) is 7.01. The van der Waals surface area contributed by atoms with Gasteiger partial charge >= 0.3 is 6.18 Å². The number of nitriles is 1. The maximum absolute atomic E-state index is 13.0. The number of benzene rings is 1. The molecule has 29 heavy (non-hydrogen) atoms. The van der Waals surface area contributed by atoms with Crippen molar-refractivity contribution < 1.29 is 22.7 Å². The summed E-state index contributed by atoms with van der Waals surface area (Å²) in [5.41, 5.74) is 0.297. The fraction of sp³-hybridized carbons (Fsp3) is 0.500. The van der Waals surface area contributed by atoms with E-state index in [1.165, 1.54) is 23.1 Å². The van der Waals surface area contributed by atoms with Crippen molar-refractivity contribution in [3.8, 4) is 11.8 Å². The van der Waals surface area contributed by atoms with Gasteiger partial charge in [-0.3, -0.25) is 9.79 Å². The van der Waals surface area contributed by atoms with Crippen molar-refractivity contribution in [2.45, 2.75) is 33.1 Å². The number of amides is 1. The summed E-state index contributed by atoms with van der Waals surface area (Å²) in [6.45, 7) is 5.72. The highest BCUT2D eigenvalue weighted by Crippen LogP contribution is 2.29. The quantitative estimate of drug-likeness (QED) is 0.728. The molecule has 156 valence electrons. The topological polar surface area (TPSA) is 89.5 Å². The van der Waals surface area contributed by atoms with E-state index in [4.69, 9.17) is 15.4 Å². The predicted molar refractivity (Wildman–Crippen MR) is 103 cm³/mol. The van der Waals surface area contributed by atoms with Crippen LogP contribution in [0.1, 0.15) is 36.7 Å². The molecule has 0 saturated carbocycles. The Bertz CT molecular complexity index is 843. The number of aliphatic imine (C=N–C) groups is 1. The van der Waals surface area contributed by atoms with Gasteiger partial charge in [-0.05, 0) is 31.0 Å². The Morgan fingerprint density at radius 2 is 2.14 bits per heavy atom. The number of alkyl halides is 3. The van der Waals surface area contributed by atoms with Crippen molar-refractivity contribution in [2.75, 3.05) is 19.6 Å². The van der Waals surface area contributed by atoms with E-state index in [1.54, 1.807) is 6.21 Å². The SMILES string of the molecule is CC(C)CN=CC1CN(C(=O)c2cc(C#N)ccc2OC(C)C(F)(F)F)CC1=N. The van der Waals surface area contributed by atoms with Crippen molar-refractivity contribution in [1.29, 1.82) is 10.7 Å². The highest BCUT2D eigenvalue weighted by atomic mass is 19.4. The number of carbonyl (C=O) groups is 1. The summed E-state index contributed by atoms with van der Waals surface area (Å²) < 4.78 is 43.6. The second kappa shape index (κ2) is 9.07. The van der Waals surface area contributed by atoms with Gasteiger partial charge in [-0.2, -0.15) is 18.4 Å². The van der Waals surface area contributed by atoms with Crippen LogP contribution in [-0.2, 0) is 0 Å². The van der Waals surface area contributed by atoms with E-state index >= 15 is 0 Å². The lowest BCUT2D eigenvalue weighted by molar-refractivity contribution is -0.189. The van der Waals surface area contributed by atoms with Crippen LogP contribution in [-0.4, -0.2) is 54.6 Å². The zero-order valence-corrected chi connectivity index (χ0v) is 16.5.